The minimum Gasteiger partial charge on any atom is -0.497 e. The lowest BCUT2D eigenvalue weighted by molar-refractivity contribution is 0.0944. The molecule has 3 atom stereocenters. The number of benzene rings is 2. The van der Waals surface area contributed by atoms with Crippen LogP contribution in [0, 0.1) is 5.82 Å². The lowest BCUT2D eigenvalue weighted by Gasteiger charge is -2.33. The smallest absolute Gasteiger partial charge is 0.203 e. The predicted molar refractivity (Wildman–Crippen MR) is 181 cm³/mol. The quantitative estimate of drug-likeness (QED) is 0.152. The van der Waals surface area contributed by atoms with Crippen molar-refractivity contribution in [2.24, 2.45) is 0 Å². The molecule has 4 N–H and O–H groups in total. The summed E-state index contributed by atoms with van der Waals surface area (Å²) in [6.07, 6.45) is 10.9. The van der Waals surface area contributed by atoms with Gasteiger partial charge < -0.3 is 34.8 Å². The van der Waals surface area contributed by atoms with Gasteiger partial charge in [-0.05, 0) is 87.5 Å². The lowest BCUT2D eigenvalue weighted by atomic mass is 9.92. The third kappa shape index (κ3) is 4.83. The fraction of sp³-hybridized carbons (Fsp3) is 0.351. The van der Waals surface area contributed by atoms with Crippen LogP contribution >= 0.6 is 0 Å². The Balaban J connectivity index is 1.17. The number of ether oxygens (including phenoxy) is 3. The molecule has 3 unspecified atom stereocenters. The zero-order chi connectivity index (χ0) is 32.4. The van der Waals surface area contributed by atoms with Crippen molar-refractivity contribution in [2.75, 3.05) is 27.3 Å². The summed E-state index contributed by atoms with van der Waals surface area (Å²) in [5, 5.41) is 7.54. The number of hydrogen-bond donors (Lipinski definition) is 4. The topological polar surface area (TPSA) is 114 Å². The molecule has 0 spiro atoms. The normalized spacial score (nSPS) is 22.1. The Labute approximate surface area is 277 Å². The van der Waals surface area contributed by atoms with Gasteiger partial charge >= 0.3 is 0 Å². The van der Waals surface area contributed by atoms with Gasteiger partial charge in [-0.3, -0.25) is 4.57 Å². The number of aromatic nitrogens is 5. The third-order valence-corrected chi connectivity index (χ3v) is 10.2. The number of allylic oxidation sites excluding steroid dienone is 3. The summed E-state index contributed by atoms with van der Waals surface area (Å²) in [6.45, 7) is 2.00. The van der Waals surface area contributed by atoms with Crippen molar-refractivity contribution in [1.29, 1.82) is 0 Å². The van der Waals surface area contributed by atoms with Crippen molar-refractivity contribution in [2.45, 2.75) is 56.8 Å². The van der Waals surface area contributed by atoms with Crippen molar-refractivity contribution in [1.82, 2.24) is 35.1 Å². The number of nitrogens with zero attached hydrogens (tertiary/aromatic N) is 3. The summed E-state index contributed by atoms with van der Waals surface area (Å²) in [4.78, 5) is 16.4. The Morgan fingerprint density at radius 1 is 0.854 bits per heavy atom. The van der Waals surface area contributed by atoms with Crippen LogP contribution in [0.4, 0.5) is 4.39 Å². The van der Waals surface area contributed by atoms with E-state index in [1.54, 1.807) is 14.2 Å². The average molecular weight is 648 g/mol. The highest BCUT2D eigenvalue weighted by molar-refractivity contribution is 5.92. The van der Waals surface area contributed by atoms with Crippen molar-refractivity contribution in [3.63, 3.8) is 0 Å². The van der Waals surface area contributed by atoms with Crippen molar-refractivity contribution in [3.8, 4) is 22.8 Å². The van der Waals surface area contributed by atoms with Crippen LogP contribution in [-0.4, -0.2) is 51.8 Å². The summed E-state index contributed by atoms with van der Waals surface area (Å²) in [5.41, 5.74) is 6.75. The molecular weight excluding hydrogens is 609 g/mol. The van der Waals surface area contributed by atoms with Gasteiger partial charge in [0.2, 0.25) is 6.23 Å². The molecule has 1 aliphatic carbocycles. The molecule has 2 saturated heterocycles. The van der Waals surface area contributed by atoms with E-state index >= 15 is 4.39 Å². The van der Waals surface area contributed by atoms with Crippen LogP contribution in [0.25, 0.3) is 33.3 Å². The highest BCUT2D eigenvalue weighted by Gasteiger charge is 2.36. The largest absolute Gasteiger partial charge is 0.497 e. The molecule has 3 aliphatic heterocycles. The Kier molecular flexibility index (Phi) is 7.12. The van der Waals surface area contributed by atoms with Crippen LogP contribution in [0.15, 0.2) is 60.6 Å². The minimum atomic E-state index is -0.664. The van der Waals surface area contributed by atoms with Gasteiger partial charge in [0.05, 0.1) is 61.3 Å². The van der Waals surface area contributed by atoms with E-state index in [2.05, 4.69) is 31.7 Å². The second kappa shape index (κ2) is 11.7. The molecule has 2 aromatic carbocycles. The van der Waals surface area contributed by atoms with E-state index < -0.39 is 6.23 Å². The maximum Gasteiger partial charge on any atom is 0.203 e. The molecule has 0 radical (unpaired) electrons. The number of H-pyrrole nitrogens is 2. The van der Waals surface area contributed by atoms with Crippen LogP contribution in [0.5, 0.6) is 11.5 Å². The Hall–Kier alpha value is -4.87. The van der Waals surface area contributed by atoms with Crippen molar-refractivity contribution < 1.29 is 18.6 Å². The van der Waals surface area contributed by atoms with E-state index in [1.807, 2.05) is 53.4 Å². The Morgan fingerprint density at radius 2 is 1.54 bits per heavy atom. The van der Waals surface area contributed by atoms with Crippen LogP contribution in [0.3, 0.4) is 0 Å². The zero-order valence-corrected chi connectivity index (χ0v) is 27.0. The summed E-state index contributed by atoms with van der Waals surface area (Å²) in [6, 6.07) is 12.1. The van der Waals surface area contributed by atoms with Gasteiger partial charge in [0, 0.05) is 28.2 Å². The number of methoxy groups -OCH3 is 2. The van der Waals surface area contributed by atoms with Gasteiger partial charge in [-0.2, -0.15) is 0 Å². The number of halogens is 1. The first-order valence-electron chi connectivity index (χ1n) is 16.8. The van der Waals surface area contributed by atoms with Crippen LogP contribution in [0.2, 0.25) is 0 Å². The first kappa shape index (κ1) is 29.3. The number of fused-ring (bicyclic) bond motifs is 4. The van der Waals surface area contributed by atoms with Gasteiger partial charge in [-0.15, -0.1) is 0 Å². The number of imidazole rings is 2. The van der Waals surface area contributed by atoms with Gasteiger partial charge in [0.15, 0.2) is 5.82 Å². The summed E-state index contributed by atoms with van der Waals surface area (Å²) >= 11 is 0. The lowest BCUT2D eigenvalue weighted by Crippen LogP contribution is -2.23. The van der Waals surface area contributed by atoms with E-state index in [4.69, 9.17) is 19.2 Å². The monoisotopic (exact) mass is 647 g/mol. The van der Waals surface area contributed by atoms with Gasteiger partial charge in [-0.1, -0.05) is 6.07 Å². The Bertz CT molecular complexity index is 2070. The SMILES string of the molecule is COc1cc(OC)cc(C2OC3=C(CCC(c4cnc(C5CCCN5)[nH]4)=C3)c3c(F)c4cc(-c5cnc(C6CCCN6)[nH]5)ccc4n32)c1. The molecule has 48 heavy (non-hydrogen) atoms. The number of rotatable bonds is 7. The van der Waals surface area contributed by atoms with Gasteiger partial charge in [0.25, 0.3) is 0 Å². The van der Waals surface area contributed by atoms with Crippen LogP contribution in [0.1, 0.15) is 85.4 Å². The summed E-state index contributed by atoms with van der Waals surface area (Å²) in [7, 11) is 3.25. The summed E-state index contributed by atoms with van der Waals surface area (Å²) in [5.74, 6) is 3.54. The molecule has 246 valence electrons. The maximum atomic E-state index is 17.0. The molecule has 11 heteroatoms. The maximum absolute atomic E-state index is 17.0. The summed E-state index contributed by atoms with van der Waals surface area (Å²) < 4.78 is 37.1. The molecule has 0 saturated carbocycles. The van der Waals surface area contributed by atoms with Crippen LogP contribution in [-0.2, 0) is 4.74 Å². The molecule has 6 heterocycles. The van der Waals surface area contributed by atoms with Gasteiger partial charge in [-0.25, -0.2) is 14.4 Å². The zero-order valence-electron chi connectivity index (χ0n) is 27.0. The van der Waals surface area contributed by atoms with Crippen LogP contribution < -0.4 is 20.1 Å². The van der Waals surface area contributed by atoms with E-state index in [1.165, 1.54) is 0 Å². The van der Waals surface area contributed by atoms with E-state index in [9.17, 15) is 0 Å². The highest BCUT2D eigenvalue weighted by atomic mass is 19.1. The minimum absolute atomic E-state index is 0.223. The second-order valence-corrected chi connectivity index (χ2v) is 13.1. The highest BCUT2D eigenvalue weighted by Crippen LogP contribution is 2.48. The first-order valence-corrected chi connectivity index (χ1v) is 16.8. The van der Waals surface area contributed by atoms with E-state index in [0.717, 1.165) is 96.0 Å². The molecule has 4 aliphatic rings. The van der Waals surface area contributed by atoms with Gasteiger partial charge in [0.1, 0.15) is 28.9 Å². The molecule has 0 bridgehead atoms. The number of hydrogen-bond acceptors (Lipinski definition) is 7. The molecule has 0 amide bonds. The molecule has 2 fully saturated rings. The fourth-order valence-corrected chi connectivity index (χ4v) is 7.75. The van der Waals surface area contributed by atoms with Crippen molar-refractivity contribution in [3.05, 3.63) is 95.0 Å². The average Bonchev–Trinajstić information content (AvgIpc) is 3.97. The molecule has 9 rings (SSSR count). The Morgan fingerprint density at radius 3 is 2.21 bits per heavy atom. The number of aromatic amines is 2. The standard InChI is InChI=1S/C37H38FN7O3/c1-46-23-13-22(14-24(17-23)47-2)37-45-31-10-8-20(29-18-41-35(43-29)27-5-3-11-39-27)15-26(31)33(38)34(45)25-9-7-21(16-32(25)48-37)30-19-42-36(44-30)28-6-4-12-40-28/h8,10,13-19,27-28,37,39-40H,3-7,9,11-12H2,1-2H3,(H,41,43)(H,42,44). The third-order valence-electron chi connectivity index (χ3n) is 10.2. The molecule has 5 aromatic rings. The molecule has 10 nitrogen and oxygen atoms in total. The van der Waals surface area contributed by atoms with E-state index in [-0.39, 0.29) is 17.9 Å². The van der Waals surface area contributed by atoms with Crippen molar-refractivity contribution >= 4 is 22.0 Å². The predicted octanol–water partition coefficient (Wildman–Crippen LogP) is 6.93. The first-order chi connectivity index (χ1) is 23.6. The molecular formula is C37H38FN7O3. The number of nitrogens with one attached hydrogen (secondary N) is 4. The molecule has 3 aromatic heterocycles. The second-order valence-electron chi connectivity index (χ2n) is 13.1. The van der Waals surface area contributed by atoms with E-state index in [0.29, 0.717) is 34.8 Å². The fourth-order valence-electron chi connectivity index (χ4n) is 7.75.